The average Bonchev–Trinajstić information content (AvgIpc) is 2.60. The van der Waals surface area contributed by atoms with E-state index in [4.69, 9.17) is 0 Å². The van der Waals surface area contributed by atoms with Crippen LogP contribution in [0.1, 0.15) is 51.2 Å². The predicted molar refractivity (Wildman–Crippen MR) is 90.3 cm³/mol. The summed E-state index contributed by atoms with van der Waals surface area (Å²) in [6, 6.07) is -0.627. The summed E-state index contributed by atoms with van der Waals surface area (Å²) >= 11 is 0. The molecule has 0 aromatic carbocycles. The standard InChI is InChI=1S/C17H23F5N4O/c1-9(17(20,21)22)6-7-13-24-15(11-4-3-5-12(27)14(11)19)26-16(25-13)23-10(2)8-18/h9-10,12,27H,3-8H2,1-2H3,(H,23,24,25,26)/t9-,10-,12?/m0/s1. The molecule has 0 saturated carbocycles. The van der Waals surface area contributed by atoms with Crippen LogP contribution >= 0.6 is 0 Å². The lowest BCUT2D eigenvalue weighted by Gasteiger charge is -2.20. The second kappa shape index (κ2) is 8.90. The number of aryl methyl sites for hydroxylation is 1. The Bertz CT molecular complexity index is 680. The van der Waals surface area contributed by atoms with Crippen LogP contribution in [0.4, 0.5) is 27.9 Å². The van der Waals surface area contributed by atoms with E-state index in [1.165, 1.54) is 0 Å². The molecule has 1 unspecified atom stereocenters. The van der Waals surface area contributed by atoms with Crippen LogP contribution in [0.5, 0.6) is 0 Å². The first kappa shape index (κ1) is 21.5. The summed E-state index contributed by atoms with van der Waals surface area (Å²) in [4.78, 5) is 12.2. The van der Waals surface area contributed by atoms with Gasteiger partial charge in [-0.3, -0.25) is 0 Å². The highest BCUT2D eigenvalue weighted by atomic mass is 19.4. The van der Waals surface area contributed by atoms with Crippen LogP contribution < -0.4 is 5.32 Å². The van der Waals surface area contributed by atoms with Crippen LogP contribution in [0.3, 0.4) is 0 Å². The molecule has 1 heterocycles. The third-order valence-electron chi connectivity index (χ3n) is 4.40. The molecule has 1 aliphatic rings. The van der Waals surface area contributed by atoms with Gasteiger partial charge < -0.3 is 10.4 Å². The number of allylic oxidation sites excluding steroid dienone is 1. The van der Waals surface area contributed by atoms with Gasteiger partial charge in [0.05, 0.1) is 12.0 Å². The Hall–Kier alpha value is -1.84. The average molecular weight is 394 g/mol. The Morgan fingerprint density at radius 2 is 1.93 bits per heavy atom. The van der Waals surface area contributed by atoms with Crippen molar-refractivity contribution in [2.75, 3.05) is 12.0 Å². The summed E-state index contributed by atoms with van der Waals surface area (Å²) < 4.78 is 65.2. The van der Waals surface area contributed by atoms with E-state index >= 15 is 0 Å². The number of aromatic nitrogens is 3. The number of halogens is 5. The Balaban J connectivity index is 2.33. The van der Waals surface area contributed by atoms with Crippen molar-refractivity contribution < 1.29 is 27.1 Å². The summed E-state index contributed by atoms with van der Waals surface area (Å²) in [5.74, 6) is -2.30. The van der Waals surface area contributed by atoms with Gasteiger partial charge in [0.2, 0.25) is 5.95 Å². The first-order chi connectivity index (χ1) is 12.6. The van der Waals surface area contributed by atoms with Crippen molar-refractivity contribution in [2.24, 2.45) is 5.92 Å². The maximum Gasteiger partial charge on any atom is 0.391 e. The lowest BCUT2D eigenvalue weighted by molar-refractivity contribution is -0.171. The topological polar surface area (TPSA) is 70.9 Å². The number of nitrogens with one attached hydrogen (secondary N) is 1. The molecule has 0 bridgehead atoms. The third kappa shape index (κ3) is 5.82. The number of hydrogen-bond acceptors (Lipinski definition) is 5. The van der Waals surface area contributed by atoms with Crippen LogP contribution in [0, 0.1) is 5.92 Å². The maximum atomic E-state index is 14.3. The zero-order chi connectivity index (χ0) is 20.2. The fourth-order valence-corrected chi connectivity index (χ4v) is 2.64. The number of rotatable bonds is 7. The third-order valence-corrected chi connectivity index (χ3v) is 4.40. The van der Waals surface area contributed by atoms with Gasteiger partial charge in [-0.1, -0.05) is 6.92 Å². The van der Waals surface area contributed by atoms with E-state index < -0.39 is 36.7 Å². The number of hydrogen-bond donors (Lipinski definition) is 2. The molecule has 0 spiro atoms. The lowest BCUT2D eigenvalue weighted by Crippen LogP contribution is -2.23. The highest BCUT2D eigenvalue weighted by molar-refractivity contribution is 5.64. The van der Waals surface area contributed by atoms with Crippen LogP contribution in [0.25, 0.3) is 5.57 Å². The van der Waals surface area contributed by atoms with Gasteiger partial charge in [-0.05, 0) is 32.6 Å². The Kier molecular flexibility index (Phi) is 7.07. The van der Waals surface area contributed by atoms with Gasteiger partial charge in [0.15, 0.2) is 5.82 Å². The summed E-state index contributed by atoms with van der Waals surface area (Å²) in [5, 5.41) is 12.4. The first-order valence-electron chi connectivity index (χ1n) is 8.83. The van der Waals surface area contributed by atoms with Crippen LogP contribution in [-0.4, -0.2) is 45.1 Å². The van der Waals surface area contributed by atoms with Gasteiger partial charge in [0.1, 0.15) is 24.4 Å². The smallest absolute Gasteiger partial charge is 0.386 e. The zero-order valence-electron chi connectivity index (χ0n) is 15.2. The number of anilines is 1. The molecule has 0 radical (unpaired) electrons. The minimum absolute atomic E-state index is 0.0276. The lowest BCUT2D eigenvalue weighted by atomic mass is 9.95. The van der Waals surface area contributed by atoms with Crippen molar-refractivity contribution in [3.05, 3.63) is 17.5 Å². The van der Waals surface area contributed by atoms with Crippen molar-refractivity contribution in [1.29, 1.82) is 0 Å². The van der Waals surface area contributed by atoms with E-state index in [9.17, 15) is 27.1 Å². The molecule has 2 rings (SSSR count). The quantitative estimate of drug-likeness (QED) is 0.684. The van der Waals surface area contributed by atoms with Crippen LogP contribution in [-0.2, 0) is 6.42 Å². The predicted octanol–water partition coefficient (Wildman–Crippen LogP) is 4.00. The molecule has 10 heteroatoms. The minimum atomic E-state index is -4.33. The second-order valence-electron chi connectivity index (χ2n) is 6.81. The van der Waals surface area contributed by atoms with E-state index in [0.717, 1.165) is 6.92 Å². The highest BCUT2D eigenvalue weighted by Gasteiger charge is 2.35. The van der Waals surface area contributed by atoms with Gasteiger partial charge in [-0.25, -0.2) is 13.8 Å². The summed E-state index contributed by atoms with van der Waals surface area (Å²) in [7, 11) is 0. The fourth-order valence-electron chi connectivity index (χ4n) is 2.64. The molecule has 0 aliphatic heterocycles. The molecule has 3 atom stereocenters. The van der Waals surface area contributed by atoms with E-state index in [1.54, 1.807) is 6.92 Å². The van der Waals surface area contributed by atoms with Crippen LogP contribution in [0.15, 0.2) is 5.83 Å². The Labute approximate surface area is 154 Å². The molecule has 1 aliphatic carbocycles. The van der Waals surface area contributed by atoms with E-state index in [-0.39, 0.29) is 42.4 Å². The number of aliphatic hydroxyl groups is 1. The Morgan fingerprint density at radius 3 is 2.56 bits per heavy atom. The van der Waals surface area contributed by atoms with Crippen molar-refractivity contribution in [1.82, 2.24) is 15.0 Å². The summed E-state index contributed by atoms with van der Waals surface area (Å²) in [6.07, 6.45) is -4.81. The Morgan fingerprint density at radius 1 is 1.22 bits per heavy atom. The molecule has 5 nitrogen and oxygen atoms in total. The molecular formula is C17H23F5N4O. The van der Waals surface area contributed by atoms with Gasteiger partial charge in [0.25, 0.3) is 0 Å². The molecule has 1 aromatic rings. The molecular weight excluding hydrogens is 371 g/mol. The van der Waals surface area contributed by atoms with Gasteiger partial charge in [0, 0.05) is 12.0 Å². The number of nitrogens with zero attached hydrogens (tertiary/aromatic N) is 3. The SMILES string of the molecule is C[C@@H](CF)Nc1nc(CC[C@H](C)C(F)(F)F)nc(C2=C(F)C(O)CCC2)n1. The molecule has 2 N–H and O–H groups in total. The fraction of sp³-hybridized carbons (Fsp3) is 0.706. The largest absolute Gasteiger partial charge is 0.391 e. The second-order valence-corrected chi connectivity index (χ2v) is 6.81. The monoisotopic (exact) mass is 394 g/mol. The van der Waals surface area contributed by atoms with Gasteiger partial charge >= 0.3 is 6.18 Å². The van der Waals surface area contributed by atoms with Gasteiger partial charge in [-0.2, -0.15) is 23.1 Å². The van der Waals surface area contributed by atoms with Crippen molar-refractivity contribution in [3.8, 4) is 0 Å². The molecule has 0 saturated heterocycles. The molecule has 152 valence electrons. The minimum Gasteiger partial charge on any atom is -0.386 e. The van der Waals surface area contributed by atoms with Crippen LogP contribution in [0.2, 0.25) is 0 Å². The molecule has 0 fully saturated rings. The molecule has 27 heavy (non-hydrogen) atoms. The molecule has 1 aromatic heterocycles. The number of alkyl halides is 4. The van der Waals surface area contributed by atoms with Crippen molar-refractivity contribution in [3.63, 3.8) is 0 Å². The number of aliphatic hydroxyl groups excluding tert-OH is 1. The molecule has 0 amide bonds. The highest BCUT2D eigenvalue weighted by Crippen LogP contribution is 2.33. The normalized spacial score (nSPS) is 20.5. The summed E-state index contributed by atoms with van der Waals surface area (Å²) in [6.45, 7) is 1.89. The van der Waals surface area contributed by atoms with Crippen molar-refractivity contribution >= 4 is 11.5 Å². The van der Waals surface area contributed by atoms with E-state index in [1.807, 2.05) is 0 Å². The maximum absolute atomic E-state index is 14.3. The zero-order valence-corrected chi connectivity index (χ0v) is 15.2. The summed E-state index contributed by atoms with van der Waals surface area (Å²) in [5.41, 5.74) is 0.109. The van der Waals surface area contributed by atoms with E-state index in [2.05, 4.69) is 20.3 Å². The van der Waals surface area contributed by atoms with E-state index in [0.29, 0.717) is 12.8 Å². The first-order valence-corrected chi connectivity index (χ1v) is 8.83. The van der Waals surface area contributed by atoms with Gasteiger partial charge in [-0.15, -0.1) is 0 Å². The van der Waals surface area contributed by atoms with Crippen molar-refractivity contribution in [2.45, 2.75) is 64.3 Å².